The van der Waals surface area contributed by atoms with E-state index in [1.165, 1.54) is 0 Å². The Balaban J connectivity index is 0.852. The highest BCUT2D eigenvalue weighted by molar-refractivity contribution is 8.77. The van der Waals surface area contributed by atoms with Crippen molar-refractivity contribution in [3.05, 3.63) is 0 Å². The summed E-state index contributed by atoms with van der Waals surface area (Å²) in [6, 6.07) is -1.69. The fourth-order valence-electron chi connectivity index (χ4n) is 16.4. The van der Waals surface area contributed by atoms with Crippen molar-refractivity contribution in [2.24, 2.45) is 0 Å². The molecule has 0 bridgehead atoms. The molecule has 0 aromatic heterocycles. The van der Waals surface area contributed by atoms with Crippen LogP contribution in [0, 0.1) is 0 Å². The molecule has 30 nitrogen and oxygen atoms in total. The van der Waals surface area contributed by atoms with Crippen molar-refractivity contribution in [1.29, 1.82) is 0 Å². The average Bonchev–Trinajstić information content (AvgIpc) is 1.61. The highest BCUT2D eigenvalue weighted by Gasteiger charge is 2.64. The van der Waals surface area contributed by atoms with Crippen LogP contribution < -0.4 is 0 Å². The summed E-state index contributed by atoms with van der Waals surface area (Å²) in [7, 11) is 12.6. The maximum atomic E-state index is 15.5. The zero-order valence-electron chi connectivity index (χ0n) is 61.3. The smallest absolute Gasteiger partial charge is 0.300 e. The first-order valence-electron chi connectivity index (χ1n) is 36.8. The van der Waals surface area contributed by atoms with E-state index in [2.05, 4.69) is 139 Å². The molecular formula is C61H104N20O10S19. The molecule has 622 valence electrons. The normalized spacial score (nSPS) is 25.4. The summed E-state index contributed by atoms with van der Waals surface area (Å²) in [4.78, 5) is 179. The molecule has 0 aromatic rings. The van der Waals surface area contributed by atoms with Gasteiger partial charge in [-0.3, -0.25) is 93.1 Å². The average molecular weight is 1890 g/mol. The summed E-state index contributed by atoms with van der Waals surface area (Å²) in [5.41, 5.74) is 0. The number of hydrogen-bond donors (Lipinski definition) is 11. The number of hydrogen-bond acceptors (Lipinski definition) is 29. The number of carbonyl (C=O) groups is 10. The topological polar surface area (TPSA) is 236 Å². The van der Waals surface area contributed by atoms with Gasteiger partial charge in [0, 0.05) is 240 Å². The molecule has 10 fully saturated rings. The summed E-state index contributed by atoms with van der Waals surface area (Å²) in [6.45, 7) is 9.16. The van der Waals surface area contributed by atoms with E-state index < -0.39 is 61.7 Å². The van der Waals surface area contributed by atoms with Crippen molar-refractivity contribution in [3.8, 4) is 0 Å². The van der Waals surface area contributed by atoms with Crippen LogP contribution in [0.1, 0.15) is 13.3 Å². The zero-order chi connectivity index (χ0) is 79.0. The lowest BCUT2D eigenvalue weighted by Crippen LogP contribution is -2.48. The summed E-state index contributed by atoms with van der Waals surface area (Å²) >= 11 is 49.3. The van der Waals surface area contributed by atoms with Crippen LogP contribution in [0.15, 0.2) is 0 Å². The first-order chi connectivity index (χ1) is 53.4. The number of thiol groups is 11. The predicted molar refractivity (Wildman–Crippen MR) is 488 cm³/mol. The minimum atomic E-state index is -0.687. The fraction of sp³-hybridized carbons (Fsp3) is 0.836. The molecule has 10 heterocycles. The molecule has 0 aromatic carbocycles. The van der Waals surface area contributed by atoms with Crippen molar-refractivity contribution < 1.29 is 47.9 Å². The Bertz CT molecular complexity index is 2760. The lowest BCUT2D eigenvalue weighted by atomic mass is 10.3. The van der Waals surface area contributed by atoms with E-state index in [-0.39, 0.29) is 86.5 Å². The molecule has 0 saturated carbocycles. The van der Waals surface area contributed by atoms with E-state index >= 15 is 9.59 Å². The maximum Gasteiger partial charge on any atom is 0.323 e. The van der Waals surface area contributed by atoms with Gasteiger partial charge in [-0.15, -0.1) is 0 Å². The third-order valence-corrected chi connectivity index (χ3v) is 32.2. The molecule has 49 heteroatoms. The molecule has 110 heavy (non-hydrogen) atoms. The van der Waals surface area contributed by atoms with E-state index in [1.807, 2.05) is 26.5 Å². The second-order valence-corrected chi connectivity index (χ2v) is 42.1. The molecule has 10 rings (SSSR count). The number of amides is 20. The first-order valence-corrected chi connectivity index (χ1v) is 53.7. The zero-order valence-corrected chi connectivity index (χ0v) is 77.6. The second kappa shape index (κ2) is 44.6. The van der Waals surface area contributed by atoms with Gasteiger partial charge >= 0.3 is 60.3 Å². The Morgan fingerprint density at radius 3 is 0.355 bits per heavy atom. The van der Waals surface area contributed by atoms with Gasteiger partial charge in [-0.25, -0.2) is 47.9 Å². The molecule has 0 spiro atoms. The van der Waals surface area contributed by atoms with Crippen molar-refractivity contribution in [1.82, 2.24) is 98.0 Å². The maximum absolute atomic E-state index is 15.5. The third kappa shape index (κ3) is 19.2. The molecule has 10 aliphatic rings. The van der Waals surface area contributed by atoms with Gasteiger partial charge in [0.1, 0.15) is 61.7 Å². The van der Waals surface area contributed by atoms with Gasteiger partial charge < -0.3 is 4.90 Å². The number of fused-ring (bicyclic) bond motifs is 5. The van der Waals surface area contributed by atoms with Crippen LogP contribution in [0.2, 0.25) is 0 Å². The predicted octanol–water partition coefficient (Wildman–Crippen LogP) is 6.79. The summed E-state index contributed by atoms with van der Waals surface area (Å²) in [5, 5.41) is 0. The molecule has 10 unspecified atom stereocenters. The number of nitrogens with zero attached hydrogens (tertiary/aromatic N) is 20. The van der Waals surface area contributed by atoms with Crippen molar-refractivity contribution in [3.63, 3.8) is 0 Å². The van der Waals surface area contributed by atoms with Crippen LogP contribution in [-0.4, -0.2) is 460 Å². The monoisotopic (exact) mass is 1880 g/mol. The van der Waals surface area contributed by atoms with Gasteiger partial charge in [0.15, 0.2) is 0 Å². The molecule has 0 aliphatic carbocycles. The molecule has 10 saturated heterocycles. The minimum absolute atomic E-state index is 0.113. The quantitative estimate of drug-likeness (QED) is 0.0171. The summed E-state index contributed by atoms with van der Waals surface area (Å²) in [6.07, 6.45) is -4.57. The second-order valence-electron chi connectivity index (χ2n) is 26.4. The van der Waals surface area contributed by atoms with Crippen molar-refractivity contribution in [2.75, 3.05) is 240 Å². The van der Waals surface area contributed by atoms with Gasteiger partial charge in [0.05, 0.1) is 0 Å². The highest BCUT2D eigenvalue weighted by Crippen LogP contribution is 2.43. The van der Waals surface area contributed by atoms with Gasteiger partial charge in [-0.2, -0.15) is 139 Å². The number of urea groups is 10. The Labute approximate surface area is 739 Å². The summed E-state index contributed by atoms with van der Waals surface area (Å²) < 4.78 is 0. The molecule has 0 N–H and O–H groups in total. The van der Waals surface area contributed by atoms with Crippen LogP contribution in [0.3, 0.4) is 0 Å². The van der Waals surface area contributed by atoms with E-state index in [0.29, 0.717) is 214 Å². The lowest BCUT2D eigenvalue weighted by molar-refractivity contribution is 0.132. The van der Waals surface area contributed by atoms with Crippen LogP contribution in [-0.2, 0) is 0 Å². The third-order valence-electron chi connectivity index (χ3n) is 20.5. The van der Waals surface area contributed by atoms with Crippen molar-refractivity contribution in [2.45, 2.75) is 75.0 Å². The molecule has 0 radical (unpaired) electrons. The van der Waals surface area contributed by atoms with Crippen LogP contribution in [0.5, 0.6) is 0 Å². The SMILES string of the molecule is CCCN1C(=O)N(CCS)C2C1N(CCS)C(=O)N2CCSSCCN1C(=O)N(CCSSCCN2C(=O)N(CCS)C3C2N(CCS)C(=O)N3CCS)C2C1N(CCSSCCN1C(=O)N(CCS)C3C1N(CCS)C(=O)N3CCS)C(=O)N2CCSSCCN1C(=O)N(CCS)C2C1N(CCS)C(=O)N2CCS. The van der Waals surface area contributed by atoms with Crippen molar-refractivity contribution >= 4 is 286 Å². The molecule has 10 aliphatic heterocycles. The van der Waals surface area contributed by atoms with E-state index in [9.17, 15) is 38.4 Å². The van der Waals surface area contributed by atoms with Gasteiger partial charge in [-0.05, 0) is 6.42 Å². The van der Waals surface area contributed by atoms with Crippen LogP contribution >= 0.6 is 225 Å². The van der Waals surface area contributed by atoms with Gasteiger partial charge in [-0.1, -0.05) is 93.3 Å². The Kier molecular flexibility index (Phi) is 37.1. The van der Waals surface area contributed by atoms with E-state index in [1.54, 1.807) is 165 Å². The molecular weight excluding hydrogens is 1780 g/mol. The lowest BCUT2D eigenvalue weighted by Gasteiger charge is -2.30. The summed E-state index contributed by atoms with van der Waals surface area (Å²) in [5.74, 6) is 8.68. The largest absolute Gasteiger partial charge is 0.323 e. The van der Waals surface area contributed by atoms with Gasteiger partial charge in [0.25, 0.3) is 0 Å². The van der Waals surface area contributed by atoms with Gasteiger partial charge in [0.2, 0.25) is 0 Å². The molecule has 20 amide bonds. The van der Waals surface area contributed by atoms with Crippen LogP contribution in [0.25, 0.3) is 0 Å². The Hall–Kier alpha value is -0.650. The van der Waals surface area contributed by atoms with Crippen LogP contribution in [0.4, 0.5) is 47.9 Å². The fourth-order valence-corrected chi connectivity index (χ4v) is 26.5. The number of carbonyl (C=O) groups excluding carboxylic acids is 10. The first kappa shape index (κ1) is 91.7. The van der Waals surface area contributed by atoms with E-state index in [4.69, 9.17) is 0 Å². The Morgan fingerprint density at radius 2 is 0.264 bits per heavy atom. The Morgan fingerprint density at radius 1 is 0.173 bits per heavy atom. The van der Waals surface area contributed by atoms with E-state index in [0.717, 1.165) is 6.42 Å². The standard InChI is InChI=1S/C61H104N20O10S19/c1-2-3-62-42-46(70(11-30-99)52(62)82)74(56(86)63(42)4-23-92)15-34-103-107-38-19-78-50-51(80(60(78)90)21-40-109-105-36-17-76-48-44(68(9-28-97)58(76)88)65(6-25-94)54(84)72(48)13-32-101)81(22-41-110-106-37-18-77-49-45(69(10-29-98)59(77)89)66(7-26-95)55(85)73(49)14-33-102)61(91)79(50)20-39-108-104-35-16-75-47-43(67(8-27-96)57(75)87)64(5-24-93)53(83)71(47)12-31-100/h42-51,92-102H,2-41H2,1H3. The number of rotatable bonds is 52. The highest BCUT2D eigenvalue weighted by atomic mass is 33.1. The molecule has 10 atom stereocenters. The minimum Gasteiger partial charge on any atom is -0.300 e.